The molecule has 0 saturated carbocycles. The summed E-state index contributed by atoms with van der Waals surface area (Å²) in [4.78, 5) is 4.44. The zero-order valence-electron chi connectivity index (χ0n) is 11.6. The lowest BCUT2D eigenvalue weighted by Crippen LogP contribution is -1.86. The van der Waals surface area contributed by atoms with E-state index in [1.807, 2.05) is 34.6 Å². The molecule has 16 heavy (non-hydrogen) atoms. The molecule has 2 heteroatoms. The fraction of sp³-hybridized carbons (Fsp3) is 0.500. The van der Waals surface area contributed by atoms with Gasteiger partial charge in [-0.15, -0.1) is 0 Å². The lowest BCUT2D eigenvalue weighted by atomic mass is 10.3. The van der Waals surface area contributed by atoms with E-state index in [4.69, 9.17) is 0 Å². The van der Waals surface area contributed by atoms with Crippen molar-refractivity contribution in [3.05, 3.63) is 35.3 Å². The summed E-state index contributed by atoms with van der Waals surface area (Å²) in [6.45, 7) is 14.2. The second-order valence-electron chi connectivity index (χ2n) is 3.21. The van der Waals surface area contributed by atoms with Crippen molar-refractivity contribution in [2.75, 3.05) is 0 Å². The zero-order valence-corrected chi connectivity index (χ0v) is 11.6. The molecule has 90 valence electrons. The molecule has 0 radical (unpaired) electrons. The van der Waals surface area contributed by atoms with Crippen LogP contribution < -0.4 is 0 Å². The standard InChI is InChI=1S/C10H12N2.2C2H6/c1-7-4-5-12-9(3)8(2)11-10(12)6-7;2*1-2/h4-6H,1-3H3;2*1-2H3. The van der Waals surface area contributed by atoms with Crippen molar-refractivity contribution in [2.45, 2.75) is 48.5 Å². The van der Waals surface area contributed by atoms with Crippen molar-refractivity contribution in [3.63, 3.8) is 0 Å². The van der Waals surface area contributed by atoms with Crippen LogP contribution in [0.4, 0.5) is 0 Å². The highest BCUT2D eigenvalue weighted by Crippen LogP contribution is 2.11. The SMILES string of the molecule is CC.CC.Cc1ccn2c(C)c(C)nc2c1. The Balaban J connectivity index is 0.000000509. The van der Waals surface area contributed by atoms with E-state index in [0.717, 1.165) is 11.3 Å². The Morgan fingerprint density at radius 1 is 1.00 bits per heavy atom. The molecule has 2 nitrogen and oxygen atoms in total. The van der Waals surface area contributed by atoms with Crippen molar-refractivity contribution in [1.29, 1.82) is 0 Å². The Kier molecular flexibility index (Phi) is 6.47. The summed E-state index contributed by atoms with van der Waals surface area (Å²) in [6.07, 6.45) is 2.07. The molecule has 0 atom stereocenters. The molecule has 0 amide bonds. The average molecular weight is 220 g/mol. The van der Waals surface area contributed by atoms with Crippen LogP contribution in [-0.2, 0) is 0 Å². The number of hydrogen-bond acceptors (Lipinski definition) is 1. The summed E-state index contributed by atoms with van der Waals surface area (Å²) >= 11 is 0. The third kappa shape index (κ3) is 3.09. The maximum absolute atomic E-state index is 4.44. The number of imidazole rings is 1. The van der Waals surface area contributed by atoms with Crippen LogP contribution in [0.15, 0.2) is 18.3 Å². The lowest BCUT2D eigenvalue weighted by molar-refractivity contribution is 1.09. The van der Waals surface area contributed by atoms with Gasteiger partial charge in [0.25, 0.3) is 0 Å². The molecule has 0 unspecified atom stereocenters. The molecule has 2 aromatic rings. The minimum atomic E-state index is 1.05. The highest BCUT2D eigenvalue weighted by molar-refractivity contribution is 5.44. The van der Waals surface area contributed by atoms with Gasteiger partial charge in [-0.25, -0.2) is 4.98 Å². The molecule has 0 bridgehead atoms. The number of hydrogen-bond donors (Lipinski definition) is 0. The maximum atomic E-state index is 4.44. The number of fused-ring (bicyclic) bond motifs is 1. The molecule has 0 fully saturated rings. The summed E-state index contributed by atoms with van der Waals surface area (Å²) in [7, 11) is 0. The van der Waals surface area contributed by atoms with Gasteiger partial charge in [0.1, 0.15) is 5.65 Å². The molecule has 0 aliphatic rings. The smallest absolute Gasteiger partial charge is 0.137 e. The predicted molar refractivity (Wildman–Crippen MR) is 72.1 cm³/mol. The van der Waals surface area contributed by atoms with Crippen molar-refractivity contribution in [1.82, 2.24) is 9.38 Å². The summed E-state index contributed by atoms with van der Waals surface area (Å²) in [6, 6.07) is 4.20. The lowest BCUT2D eigenvalue weighted by Gasteiger charge is -1.96. The van der Waals surface area contributed by atoms with Crippen LogP contribution in [0.2, 0.25) is 0 Å². The van der Waals surface area contributed by atoms with Crippen LogP contribution in [0.25, 0.3) is 5.65 Å². The first-order valence-electron chi connectivity index (χ1n) is 6.10. The molecule has 0 aliphatic heterocycles. The van der Waals surface area contributed by atoms with E-state index < -0.39 is 0 Å². The minimum Gasteiger partial charge on any atom is -0.304 e. The maximum Gasteiger partial charge on any atom is 0.137 e. The third-order valence-corrected chi connectivity index (χ3v) is 2.26. The Morgan fingerprint density at radius 2 is 1.56 bits per heavy atom. The van der Waals surface area contributed by atoms with Gasteiger partial charge in [-0.05, 0) is 38.5 Å². The summed E-state index contributed by atoms with van der Waals surface area (Å²) in [5.74, 6) is 0. The minimum absolute atomic E-state index is 1.05. The van der Waals surface area contributed by atoms with Gasteiger partial charge in [-0.1, -0.05) is 27.7 Å². The van der Waals surface area contributed by atoms with Gasteiger partial charge in [0.05, 0.1) is 5.69 Å². The normalized spacial score (nSPS) is 8.94. The fourth-order valence-corrected chi connectivity index (χ4v) is 1.39. The van der Waals surface area contributed by atoms with Crippen LogP contribution in [0.3, 0.4) is 0 Å². The number of pyridine rings is 1. The summed E-state index contributed by atoms with van der Waals surface area (Å²) < 4.78 is 2.11. The van der Waals surface area contributed by atoms with E-state index in [0.29, 0.717) is 0 Å². The predicted octanol–water partition coefficient (Wildman–Crippen LogP) is 4.31. The van der Waals surface area contributed by atoms with E-state index in [1.54, 1.807) is 0 Å². The molecule has 0 aliphatic carbocycles. The van der Waals surface area contributed by atoms with E-state index in [2.05, 4.69) is 41.6 Å². The van der Waals surface area contributed by atoms with Gasteiger partial charge in [-0.3, -0.25) is 0 Å². The van der Waals surface area contributed by atoms with Crippen molar-refractivity contribution < 1.29 is 0 Å². The second-order valence-corrected chi connectivity index (χ2v) is 3.21. The summed E-state index contributed by atoms with van der Waals surface area (Å²) in [5, 5.41) is 0. The number of aryl methyl sites for hydroxylation is 3. The van der Waals surface area contributed by atoms with Crippen molar-refractivity contribution in [2.24, 2.45) is 0 Å². The number of aromatic nitrogens is 2. The molecule has 2 rings (SSSR count). The Bertz CT molecular complexity index is 427. The van der Waals surface area contributed by atoms with Gasteiger partial charge in [0.15, 0.2) is 0 Å². The van der Waals surface area contributed by atoms with Gasteiger partial charge in [-0.2, -0.15) is 0 Å². The van der Waals surface area contributed by atoms with Crippen molar-refractivity contribution >= 4 is 5.65 Å². The number of rotatable bonds is 0. The van der Waals surface area contributed by atoms with Crippen LogP contribution >= 0.6 is 0 Å². The molecule has 0 aromatic carbocycles. The molecule has 0 N–H and O–H groups in total. The van der Waals surface area contributed by atoms with Crippen LogP contribution in [0.1, 0.15) is 44.6 Å². The average Bonchev–Trinajstić information content (AvgIpc) is 2.60. The Hall–Kier alpha value is -1.31. The Morgan fingerprint density at radius 3 is 2.12 bits per heavy atom. The van der Waals surface area contributed by atoms with E-state index in [-0.39, 0.29) is 0 Å². The van der Waals surface area contributed by atoms with E-state index in [1.165, 1.54) is 11.3 Å². The highest BCUT2D eigenvalue weighted by atomic mass is 15.0. The largest absolute Gasteiger partial charge is 0.304 e. The molecule has 0 saturated heterocycles. The topological polar surface area (TPSA) is 17.3 Å². The fourth-order valence-electron chi connectivity index (χ4n) is 1.39. The molecular formula is C14H24N2. The first-order chi connectivity index (χ1) is 7.68. The molecule has 2 heterocycles. The van der Waals surface area contributed by atoms with Crippen LogP contribution in [0, 0.1) is 20.8 Å². The van der Waals surface area contributed by atoms with Crippen molar-refractivity contribution in [3.8, 4) is 0 Å². The van der Waals surface area contributed by atoms with E-state index in [9.17, 15) is 0 Å². The highest BCUT2D eigenvalue weighted by Gasteiger charge is 2.02. The van der Waals surface area contributed by atoms with Crippen LogP contribution in [0.5, 0.6) is 0 Å². The third-order valence-electron chi connectivity index (χ3n) is 2.26. The van der Waals surface area contributed by atoms with Gasteiger partial charge in [0, 0.05) is 11.9 Å². The monoisotopic (exact) mass is 220 g/mol. The quantitative estimate of drug-likeness (QED) is 0.646. The van der Waals surface area contributed by atoms with Crippen LogP contribution in [-0.4, -0.2) is 9.38 Å². The molecule has 0 spiro atoms. The summed E-state index contributed by atoms with van der Waals surface area (Å²) in [5.41, 5.74) is 4.64. The van der Waals surface area contributed by atoms with E-state index >= 15 is 0 Å². The van der Waals surface area contributed by atoms with Gasteiger partial charge in [0.2, 0.25) is 0 Å². The first-order valence-corrected chi connectivity index (χ1v) is 6.10. The Labute approximate surface area is 99.3 Å². The van der Waals surface area contributed by atoms with Gasteiger partial charge >= 0.3 is 0 Å². The second kappa shape index (κ2) is 7.04. The molecular weight excluding hydrogens is 196 g/mol. The number of nitrogens with zero attached hydrogens (tertiary/aromatic N) is 2. The first kappa shape index (κ1) is 14.7. The molecule has 2 aromatic heterocycles. The van der Waals surface area contributed by atoms with Gasteiger partial charge < -0.3 is 4.40 Å². The zero-order chi connectivity index (χ0) is 12.7.